The smallest absolute Gasteiger partial charge is 0.0471 e. The quantitative estimate of drug-likeness (QED) is 0.432. The van der Waals surface area contributed by atoms with E-state index in [9.17, 15) is 0 Å². The Labute approximate surface area is 146 Å². The molecule has 1 heterocycles. The SMILES string of the molecule is Clc1ccc2[nH]c(/C=C/c3ccccc3)c(-c3ccccc3)c2c1. The van der Waals surface area contributed by atoms with Crippen LogP contribution in [0.25, 0.3) is 34.2 Å². The third-order valence-corrected chi connectivity index (χ3v) is 4.33. The minimum atomic E-state index is 0.747. The van der Waals surface area contributed by atoms with E-state index in [0.717, 1.165) is 21.6 Å². The fourth-order valence-electron chi connectivity index (χ4n) is 2.97. The molecule has 0 saturated heterocycles. The maximum absolute atomic E-state index is 6.23. The molecule has 1 N–H and O–H groups in total. The van der Waals surface area contributed by atoms with Gasteiger partial charge in [0.1, 0.15) is 0 Å². The molecule has 0 radical (unpaired) electrons. The Morgan fingerprint density at radius 3 is 2.21 bits per heavy atom. The summed E-state index contributed by atoms with van der Waals surface area (Å²) < 4.78 is 0. The zero-order valence-corrected chi connectivity index (χ0v) is 13.8. The molecular formula is C22H16ClN. The van der Waals surface area contributed by atoms with Crippen LogP contribution in [0.2, 0.25) is 5.02 Å². The molecule has 0 spiro atoms. The van der Waals surface area contributed by atoms with Crippen molar-refractivity contribution in [1.82, 2.24) is 4.98 Å². The van der Waals surface area contributed by atoms with Crippen molar-refractivity contribution in [1.29, 1.82) is 0 Å². The van der Waals surface area contributed by atoms with Crippen LogP contribution in [-0.4, -0.2) is 4.98 Å². The van der Waals surface area contributed by atoms with Crippen molar-refractivity contribution in [2.75, 3.05) is 0 Å². The molecule has 2 heteroatoms. The Kier molecular flexibility index (Phi) is 3.94. The van der Waals surface area contributed by atoms with E-state index in [1.807, 2.05) is 42.5 Å². The van der Waals surface area contributed by atoms with Crippen molar-refractivity contribution < 1.29 is 0 Å². The average Bonchev–Trinajstić information content (AvgIpc) is 2.99. The number of H-pyrrole nitrogens is 1. The van der Waals surface area contributed by atoms with Crippen LogP contribution in [0.15, 0.2) is 78.9 Å². The summed E-state index contributed by atoms with van der Waals surface area (Å²) in [5.41, 5.74) is 5.71. The molecule has 0 amide bonds. The van der Waals surface area contributed by atoms with Crippen molar-refractivity contribution in [2.45, 2.75) is 0 Å². The molecule has 0 bridgehead atoms. The van der Waals surface area contributed by atoms with Gasteiger partial charge >= 0.3 is 0 Å². The van der Waals surface area contributed by atoms with Gasteiger partial charge in [-0.05, 0) is 35.4 Å². The van der Waals surface area contributed by atoms with Gasteiger partial charge < -0.3 is 4.98 Å². The number of hydrogen-bond acceptors (Lipinski definition) is 0. The zero-order chi connectivity index (χ0) is 16.4. The van der Waals surface area contributed by atoms with Crippen molar-refractivity contribution in [3.63, 3.8) is 0 Å². The Bertz CT molecular complexity index is 998. The third kappa shape index (κ3) is 2.86. The van der Waals surface area contributed by atoms with Gasteiger partial charge in [-0.3, -0.25) is 0 Å². The molecule has 0 aliphatic carbocycles. The van der Waals surface area contributed by atoms with Gasteiger partial charge in [0.05, 0.1) is 0 Å². The van der Waals surface area contributed by atoms with Crippen molar-refractivity contribution in [2.24, 2.45) is 0 Å². The zero-order valence-electron chi connectivity index (χ0n) is 13.0. The van der Waals surface area contributed by atoms with E-state index in [4.69, 9.17) is 11.6 Å². The Balaban J connectivity index is 1.90. The molecule has 4 rings (SSSR count). The Morgan fingerprint density at radius 1 is 0.750 bits per heavy atom. The largest absolute Gasteiger partial charge is 0.354 e. The predicted molar refractivity (Wildman–Crippen MR) is 104 cm³/mol. The Morgan fingerprint density at radius 2 is 1.46 bits per heavy atom. The first-order valence-electron chi connectivity index (χ1n) is 7.91. The number of nitrogens with one attached hydrogen (secondary N) is 1. The topological polar surface area (TPSA) is 15.8 Å². The molecule has 24 heavy (non-hydrogen) atoms. The molecular weight excluding hydrogens is 314 g/mol. The molecule has 1 aromatic heterocycles. The molecule has 0 fully saturated rings. The summed E-state index contributed by atoms with van der Waals surface area (Å²) in [5.74, 6) is 0. The van der Waals surface area contributed by atoms with Gasteiger partial charge in [-0.1, -0.05) is 78.3 Å². The highest BCUT2D eigenvalue weighted by Gasteiger charge is 2.11. The summed E-state index contributed by atoms with van der Waals surface area (Å²) in [6, 6.07) is 26.7. The fraction of sp³-hybridized carbons (Fsp3) is 0. The Hall–Kier alpha value is -2.77. The number of fused-ring (bicyclic) bond motifs is 1. The maximum atomic E-state index is 6.23. The number of rotatable bonds is 3. The number of aromatic nitrogens is 1. The molecule has 4 aromatic rings. The monoisotopic (exact) mass is 329 g/mol. The first-order valence-corrected chi connectivity index (χ1v) is 8.29. The van der Waals surface area contributed by atoms with Crippen LogP contribution in [0.5, 0.6) is 0 Å². The first kappa shape index (κ1) is 14.8. The van der Waals surface area contributed by atoms with Crippen LogP contribution < -0.4 is 0 Å². The molecule has 0 saturated carbocycles. The van der Waals surface area contributed by atoms with E-state index in [2.05, 4.69) is 53.5 Å². The van der Waals surface area contributed by atoms with Crippen LogP contribution in [-0.2, 0) is 0 Å². The van der Waals surface area contributed by atoms with Crippen LogP contribution in [0.3, 0.4) is 0 Å². The van der Waals surface area contributed by atoms with E-state index in [1.54, 1.807) is 0 Å². The van der Waals surface area contributed by atoms with E-state index in [-0.39, 0.29) is 0 Å². The van der Waals surface area contributed by atoms with E-state index in [1.165, 1.54) is 16.7 Å². The lowest BCUT2D eigenvalue weighted by Crippen LogP contribution is -1.80. The lowest BCUT2D eigenvalue weighted by Gasteiger charge is -2.02. The predicted octanol–water partition coefficient (Wildman–Crippen LogP) is 6.66. The summed E-state index contributed by atoms with van der Waals surface area (Å²) in [5, 5.41) is 1.89. The highest BCUT2D eigenvalue weighted by Crippen LogP contribution is 2.34. The van der Waals surface area contributed by atoms with Crippen molar-refractivity contribution >= 4 is 34.7 Å². The van der Waals surface area contributed by atoms with Crippen molar-refractivity contribution in [3.05, 3.63) is 95.1 Å². The second kappa shape index (κ2) is 6.38. The van der Waals surface area contributed by atoms with Gasteiger partial charge in [0.25, 0.3) is 0 Å². The normalized spacial score (nSPS) is 11.4. The second-order valence-electron chi connectivity index (χ2n) is 5.71. The van der Waals surface area contributed by atoms with Gasteiger partial charge in [0.2, 0.25) is 0 Å². The van der Waals surface area contributed by atoms with Crippen LogP contribution in [0.1, 0.15) is 11.3 Å². The van der Waals surface area contributed by atoms with Gasteiger partial charge in [0.15, 0.2) is 0 Å². The van der Waals surface area contributed by atoms with Crippen LogP contribution >= 0.6 is 11.6 Å². The molecule has 116 valence electrons. The third-order valence-electron chi connectivity index (χ3n) is 4.09. The minimum Gasteiger partial charge on any atom is -0.354 e. The van der Waals surface area contributed by atoms with Crippen molar-refractivity contribution in [3.8, 4) is 11.1 Å². The summed E-state index contributed by atoms with van der Waals surface area (Å²) >= 11 is 6.23. The fourth-order valence-corrected chi connectivity index (χ4v) is 3.14. The molecule has 3 aromatic carbocycles. The molecule has 0 aliphatic rings. The van der Waals surface area contributed by atoms with Gasteiger partial charge in [-0.2, -0.15) is 0 Å². The lowest BCUT2D eigenvalue weighted by molar-refractivity contribution is 1.43. The summed E-state index contributed by atoms with van der Waals surface area (Å²) in [4.78, 5) is 3.51. The maximum Gasteiger partial charge on any atom is 0.0471 e. The average molecular weight is 330 g/mol. The molecule has 1 nitrogen and oxygen atoms in total. The van der Waals surface area contributed by atoms with E-state index in [0.29, 0.717) is 0 Å². The van der Waals surface area contributed by atoms with E-state index < -0.39 is 0 Å². The first-order chi connectivity index (χ1) is 11.8. The van der Waals surface area contributed by atoms with Crippen LogP contribution in [0.4, 0.5) is 0 Å². The minimum absolute atomic E-state index is 0.747. The number of hydrogen-bond donors (Lipinski definition) is 1. The molecule has 0 atom stereocenters. The number of benzene rings is 3. The summed E-state index contributed by atoms with van der Waals surface area (Å²) in [6.45, 7) is 0. The van der Waals surface area contributed by atoms with Gasteiger partial charge in [0, 0.05) is 27.2 Å². The number of halogens is 1. The second-order valence-corrected chi connectivity index (χ2v) is 6.15. The van der Waals surface area contributed by atoms with Gasteiger partial charge in [-0.15, -0.1) is 0 Å². The highest BCUT2D eigenvalue weighted by atomic mass is 35.5. The summed E-state index contributed by atoms with van der Waals surface area (Å²) in [6.07, 6.45) is 4.25. The van der Waals surface area contributed by atoms with E-state index >= 15 is 0 Å². The standard InChI is InChI=1S/C22H16ClN/c23-18-12-14-20-19(15-18)22(17-9-5-2-6-10-17)21(24-20)13-11-16-7-3-1-4-8-16/h1-15,24H/b13-11+. The molecule has 0 aliphatic heterocycles. The molecule has 0 unspecified atom stereocenters. The van der Waals surface area contributed by atoms with Crippen LogP contribution in [0, 0.1) is 0 Å². The number of aromatic amines is 1. The summed E-state index contributed by atoms with van der Waals surface area (Å²) in [7, 11) is 0. The van der Waals surface area contributed by atoms with Gasteiger partial charge in [-0.25, -0.2) is 0 Å². The lowest BCUT2D eigenvalue weighted by atomic mass is 10.0. The highest BCUT2D eigenvalue weighted by molar-refractivity contribution is 6.31.